The summed E-state index contributed by atoms with van der Waals surface area (Å²) in [5.41, 5.74) is 2.73. The number of rotatable bonds is 4. The molecule has 1 aromatic carbocycles. The number of urea groups is 1. The summed E-state index contributed by atoms with van der Waals surface area (Å²) in [5.74, 6) is -1.06. The highest BCUT2D eigenvalue weighted by atomic mass is 19.1. The summed E-state index contributed by atoms with van der Waals surface area (Å²) in [7, 11) is 0. The van der Waals surface area contributed by atoms with Gasteiger partial charge in [0.05, 0.1) is 16.9 Å². The Morgan fingerprint density at radius 1 is 1.05 bits per heavy atom. The minimum Gasteiger partial charge on any atom is -0.445 e. The van der Waals surface area contributed by atoms with Crippen LogP contribution in [0, 0.1) is 18.7 Å². The number of benzene rings is 1. The number of nitrogens with one attached hydrogen (secondary N) is 1. The van der Waals surface area contributed by atoms with Gasteiger partial charge in [0.1, 0.15) is 12.4 Å². The van der Waals surface area contributed by atoms with Crippen molar-refractivity contribution in [3.8, 4) is 0 Å². The Morgan fingerprint density at radius 2 is 1.83 bits per heavy atom. The minimum absolute atomic E-state index is 0.165. The largest absolute Gasteiger partial charge is 0.445 e. The van der Waals surface area contributed by atoms with Gasteiger partial charge in [0.2, 0.25) is 5.95 Å². The van der Waals surface area contributed by atoms with Crippen LogP contribution in [0.1, 0.15) is 30.7 Å². The fourth-order valence-electron chi connectivity index (χ4n) is 5.72. The van der Waals surface area contributed by atoms with Crippen molar-refractivity contribution in [3.63, 3.8) is 0 Å². The van der Waals surface area contributed by atoms with E-state index in [1.807, 2.05) is 49.1 Å². The maximum Gasteiger partial charge on any atom is 0.410 e. The first-order valence-electron chi connectivity index (χ1n) is 13.7. The molecule has 0 aliphatic carbocycles. The predicted octanol–water partition coefficient (Wildman–Crippen LogP) is 5.15. The number of carbonyl (C=O) groups excluding carboxylic acids is 2. The van der Waals surface area contributed by atoms with Gasteiger partial charge in [0, 0.05) is 62.0 Å². The molecule has 0 spiro atoms. The van der Waals surface area contributed by atoms with Gasteiger partial charge in [-0.05, 0) is 32.8 Å². The molecule has 0 radical (unpaired) electrons. The van der Waals surface area contributed by atoms with Gasteiger partial charge in [-0.1, -0.05) is 30.3 Å². The van der Waals surface area contributed by atoms with Gasteiger partial charge in [-0.15, -0.1) is 0 Å². The molecule has 0 saturated carbocycles. The maximum absolute atomic E-state index is 14.9. The van der Waals surface area contributed by atoms with E-state index in [0.717, 1.165) is 11.1 Å². The van der Waals surface area contributed by atoms with Crippen molar-refractivity contribution >= 4 is 35.0 Å². The van der Waals surface area contributed by atoms with E-state index in [0.29, 0.717) is 37.4 Å². The van der Waals surface area contributed by atoms with Gasteiger partial charge in [0.25, 0.3) is 0 Å². The number of aryl methyl sites for hydroxylation is 1. The number of pyridine rings is 2. The van der Waals surface area contributed by atoms with Crippen LogP contribution in [0.5, 0.6) is 0 Å². The lowest BCUT2D eigenvalue weighted by Crippen LogP contribution is -2.61. The normalized spacial score (nSPS) is 16.1. The van der Waals surface area contributed by atoms with E-state index in [4.69, 9.17) is 4.74 Å². The standard InChI is InChI=1S/C30H31F2N7O3/c1-19-15-37-16-21(13-23(31)27(37)33-19)34-28(40)38-10-9-22-24(14-25(32)35-26(22)38)36-11-12-39(30(2,3)18-36)29(41)42-17-20-7-5-4-6-8-20/h4-8,13-16H,9-12,17-18H2,1-3H3,(H,34,40). The number of anilines is 3. The minimum atomic E-state index is -0.715. The average molecular weight is 576 g/mol. The molecular weight excluding hydrogens is 544 g/mol. The lowest BCUT2D eigenvalue weighted by molar-refractivity contribution is 0.0515. The number of amides is 3. The van der Waals surface area contributed by atoms with Gasteiger partial charge >= 0.3 is 12.1 Å². The molecule has 6 rings (SSSR count). The van der Waals surface area contributed by atoms with Crippen LogP contribution in [0.3, 0.4) is 0 Å². The van der Waals surface area contributed by atoms with E-state index in [1.54, 1.807) is 24.2 Å². The molecule has 3 amide bonds. The zero-order chi connectivity index (χ0) is 29.6. The van der Waals surface area contributed by atoms with E-state index in [9.17, 15) is 18.4 Å². The molecular formula is C30H31F2N7O3. The second-order valence-electron chi connectivity index (χ2n) is 11.2. The number of halogens is 2. The van der Waals surface area contributed by atoms with Gasteiger partial charge in [0.15, 0.2) is 11.5 Å². The second kappa shape index (κ2) is 10.6. The third kappa shape index (κ3) is 5.19. The topological polar surface area (TPSA) is 95.3 Å². The molecule has 2 aliphatic heterocycles. The molecule has 5 heterocycles. The number of carbonyl (C=O) groups is 2. The van der Waals surface area contributed by atoms with Crippen molar-refractivity contribution in [1.29, 1.82) is 0 Å². The van der Waals surface area contributed by atoms with Crippen LogP contribution in [0.4, 0.5) is 35.6 Å². The average Bonchev–Trinajstić information content (AvgIpc) is 3.54. The number of fused-ring (bicyclic) bond motifs is 2. The Balaban J connectivity index is 1.17. The number of aromatic nitrogens is 3. The van der Waals surface area contributed by atoms with Crippen molar-refractivity contribution in [1.82, 2.24) is 19.3 Å². The van der Waals surface area contributed by atoms with Crippen LogP contribution in [-0.2, 0) is 17.8 Å². The summed E-state index contributed by atoms with van der Waals surface area (Å²) in [4.78, 5) is 39.5. The van der Waals surface area contributed by atoms with Gasteiger partial charge in [-0.3, -0.25) is 9.80 Å². The van der Waals surface area contributed by atoms with Crippen LogP contribution >= 0.6 is 0 Å². The lowest BCUT2D eigenvalue weighted by atomic mass is 9.98. The maximum atomic E-state index is 14.9. The Bertz CT molecular complexity index is 1670. The third-order valence-corrected chi connectivity index (χ3v) is 7.68. The van der Waals surface area contributed by atoms with Crippen LogP contribution < -0.4 is 15.1 Å². The lowest BCUT2D eigenvalue weighted by Gasteiger charge is -2.47. The molecule has 3 aromatic heterocycles. The number of hydrogen-bond donors (Lipinski definition) is 1. The van der Waals surface area contributed by atoms with Crippen LogP contribution in [-0.4, -0.2) is 63.1 Å². The fraction of sp³-hybridized carbons (Fsp3) is 0.333. The summed E-state index contributed by atoms with van der Waals surface area (Å²) < 4.78 is 36.5. The van der Waals surface area contributed by atoms with Crippen LogP contribution in [0.25, 0.3) is 5.65 Å². The molecule has 12 heteroatoms. The quantitative estimate of drug-likeness (QED) is 0.339. The molecule has 0 atom stereocenters. The SMILES string of the molecule is Cc1cn2cc(NC(=O)N3CCc4c(N5CCN(C(=O)OCc6ccccc6)C(C)(C)C5)cc(F)nc43)cc(F)c2n1. The fourth-order valence-corrected chi connectivity index (χ4v) is 5.72. The molecule has 1 fully saturated rings. The van der Waals surface area contributed by atoms with Gasteiger partial charge in [-0.25, -0.2) is 23.9 Å². The van der Waals surface area contributed by atoms with Crippen LogP contribution in [0.15, 0.2) is 54.9 Å². The summed E-state index contributed by atoms with van der Waals surface area (Å²) in [6.45, 7) is 7.37. The Hall–Kier alpha value is -4.74. The van der Waals surface area contributed by atoms with E-state index in [-0.39, 0.29) is 30.3 Å². The summed E-state index contributed by atoms with van der Waals surface area (Å²) >= 11 is 0. The van der Waals surface area contributed by atoms with Crippen molar-refractivity contribution in [2.75, 3.05) is 41.3 Å². The predicted molar refractivity (Wildman–Crippen MR) is 154 cm³/mol. The summed E-state index contributed by atoms with van der Waals surface area (Å²) in [6, 6.07) is 11.5. The van der Waals surface area contributed by atoms with E-state index in [2.05, 4.69) is 15.3 Å². The van der Waals surface area contributed by atoms with Gasteiger partial charge < -0.3 is 19.4 Å². The molecule has 2 aliphatic rings. The number of nitrogens with zero attached hydrogens (tertiary/aromatic N) is 6. The smallest absolute Gasteiger partial charge is 0.410 e. The zero-order valence-corrected chi connectivity index (χ0v) is 23.6. The number of piperazine rings is 1. The highest BCUT2D eigenvalue weighted by Crippen LogP contribution is 2.37. The number of imidazole rings is 1. The Morgan fingerprint density at radius 3 is 2.60 bits per heavy atom. The van der Waals surface area contributed by atoms with E-state index < -0.39 is 29.4 Å². The summed E-state index contributed by atoms with van der Waals surface area (Å²) in [6.07, 6.45) is 3.30. The van der Waals surface area contributed by atoms with Crippen LogP contribution in [0.2, 0.25) is 0 Å². The first-order valence-corrected chi connectivity index (χ1v) is 13.7. The summed E-state index contributed by atoms with van der Waals surface area (Å²) in [5, 5.41) is 2.70. The van der Waals surface area contributed by atoms with E-state index >= 15 is 0 Å². The first kappa shape index (κ1) is 27.4. The Labute approximate surface area is 241 Å². The molecule has 1 N–H and O–H groups in total. The molecule has 10 nitrogen and oxygen atoms in total. The highest BCUT2D eigenvalue weighted by molar-refractivity contribution is 6.03. The third-order valence-electron chi connectivity index (χ3n) is 7.68. The molecule has 0 unspecified atom stereocenters. The Kier molecular flexibility index (Phi) is 6.91. The monoisotopic (exact) mass is 575 g/mol. The molecule has 42 heavy (non-hydrogen) atoms. The van der Waals surface area contributed by atoms with Crippen molar-refractivity contribution in [2.45, 2.75) is 39.3 Å². The zero-order valence-electron chi connectivity index (χ0n) is 23.6. The molecule has 0 bridgehead atoms. The molecule has 4 aromatic rings. The van der Waals surface area contributed by atoms with Crippen molar-refractivity contribution in [2.24, 2.45) is 0 Å². The van der Waals surface area contributed by atoms with Crippen molar-refractivity contribution in [3.05, 3.63) is 83.4 Å². The molecule has 218 valence electrons. The first-order chi connectivity index (χ1) is 20.1. The number of ether oxygens (including phenoxy) is 1. The van der Waals surface area contributed by atoms with Gasteiger partial charge in [-0.2, -0.15) is 4.39 Å². The highest BCUT2D eigenvalue weighted by Gasteiger charge is 2.40. The molecule has 1 saturated heterocycles. The van der Waals surface area contributed by atoms with Crippen molar-refractivity contribution < 1.29 is 23.1 Å². The van der Waals surface area contributed by atoms with E-state index in [1.165, 1.54) is 21.4 Å². The second-order valence-corrected chi connectivity index (χ2v) is 11.2. The number of hydrogen-bond acceptors (Lipinski definition) is 6.